The minimum absolute atomic E-state index is 0.0430. The van der Waals surface area contributed by atoms with Gasteiger partial charge in [0.05, 0.1) is 53.7 Å². The summed E-state index contributed by atoms with van der Waals surface area (Å²) in [7, 11) is 0. The van der Waals surface area contributed by atoms with E-state index in [0.29, 0.717) is 11.3 Å². The molecular formula is C56H68N12O8. The second-order valence-electron chi connectivity index (χ2n) is 17.8. The molecule has 1 aliphatic heterocycles. The predicted octanol–water partition coefficient (Wildman–Crippen LogP) is 8.83. The van der Waals surface area contributed by atoms with E-state index < -0.39 is 18.1 Å². The van der Waals surface area contributed by atoms with E-state index in [4.69, 9.17) is 35.5 Å². The van der Waals surface area contributed by atoms with E-state index >= 15 is 0 Å². The van der Waals surface area contributed by atoms with Crippen LogP contribution in [0.3, 0.4) is 0 Å². The molecule has 0 saturated carbocycles. The predicted molar refractivity (Wildman–Crippen MR) is 298 cm³/mol. The molecule has 11 N–H and O–H groups in total. The molecular weight excluding hydrogens is 969 g/mol. The zero-order valence-electron chi connectivity index (χ0n) is 43.8. The lowest BCUT2D eigenvalue weighted by molar-refractivity contribution is 0.0194. The van der Waals surface area contributed by atoms with Gasteiger partial charge in [0.1, 0.15) is 35.3 Å². The fraction of sp³-hybridized carbons (Fsp3) is 0.250. The maximum absolute atomic E-state index is 11.7. The average molecular weight is 1040 g/mol. The summed E-state index contributed by atoms with van der Waals surface area (Å²) < 4.78 is 22.6. The highest BCUT2D eigenvalue weighted by molar-refractivity contribution is 5.94. The number of carboxylic acids is 2. The van der Waals surface area contributed by atoms with Crippen molar-refractivity contribution < 1.29 is 38.7 Å². The molecule has 0 amide bonds. The van der Waals surface area contributed by atoms with Gasteiger partial charge in [-0.1, -0.05) is 54.6 Å². The van der Waals surface area contributed by atoms with Gasteiger partial charge in [-0.15, -0.1) is 10.2 Å². The number of ether oxygens (including phenoxy) is 4. The van der Waals surface area contributed by atoms with E-state index in [1.165, 1.54) is 11.2 Å². The lowest BCUT2D eigenvalue weighted by atomic mass is 10.1. The number of hydrazine groups is 2. The fourth-order valence-electron chi connectivity index (χ4n) is 6.63. The number of nitrogens with zero attached hydrogens (tertiary/aromatic N) is 5. The fourth-order valence-corrected chi connectivity index (χ4v) is 6.63. The molecule has 7 rings (SSSR count). The van der Waals surface area contributed by atoms with Gasteiger partial charge in [-0.25, -0.2) is 20.1 Å². The number of anilines is 1. The first-order valence-electron chi connectivity index (χ1n) is 24.4. The van der Waals surface area contributed by atoms with Crippen LogP contribution in [-0.4, -0.2) is 76.0 Å². The van der Waals surface area contributed by atoms with Gasteiger partial charge in [0, 0.05) is 0 Å². The number of nitrogens with two attached hydrogens (primary N) is 2. The summed E-state index contributed by atoms with van der Waals surface area (Å²) in [6.45, 7) is 15.8. The smallest absolute Gasteiger partial charge is 0.337 e. The number of guanidine groups is 2. The molecule has 1 atom stereocenters. The number of carbonyl (C=O) groups is 2. The van der Waals surface area contributed by atoms with Crippen molar-refractivity contribution in [2.24, 2.45) is 31.9 Å². The lowest BCUT2D eigenvalue weighted by Gasteiger charge is -2.41. The van der Waals surface area contributed by atoms with E-state index in [-0.39, 0.29) is 48.1 Å². The summed E-state index contributed by atoms with van der Waals surface area (Å²) in [6, 6.07) is 45.3. The normalized spacial score (nSPS) is 13.1. The minimum atomic E-state index is -1.04. The molecule has 400 valence electrons. The Balaban J connectivity index is 0.000000250. The number of hydrazone groups is 2. The van der Waals surface area contributed by atoms with Crippen molar-refractivity contribution >= 4 is 42.0 Å². The monoisotopic (exact) mass is 1040 g/mol. The first-order valence-corrected chi connectivity index (χ1v) is 24.4. The van der Waals surface area contributed by atoms with Gasteiger partial charge < -0.3 is 45.9 Å². The van der Waals surface area contributed by atoms with Gasteiger partial charge in [-0.3, -0.25) is 5.43 Å². The van der Waals surface area contributed by atoms with Crippen molar-refractivity contribution in [2.45, 2.75) is 92.1 Å². The summed E-state index contributed by atoms with van der Waals surface area (Å²) in [5.74, 6) is 1.48. The Labute approximate surface area is 443 Å². The van der Waals surface area contributed by atoms with Crippen LogP contribution >= 0.6 is 0 Å². The molecule has 1 saturated heterocycles. The van der Waals surface area contributed by atoms with Crippen LogP contribution in [0.2, 0.25) is 0 Å². The maximum Gasteiger partial charge on any atom is 0.337 e. The Bertz CT molecular complexity index is 2840. The lowest BCUT2D eigenvalue weighted by Crippen LogP contribution is -2.69. The van der Waals surface area contributed by atoms with Crippen LogP contribution in [0.1, 0.15) is 111 Å². The van der Waals surface area contributed by atoms with Crippen molar-refractivity contribution in [3.05, 3.63) is 185 Å². The van der Waals surface area contributed by atoms with Gasteiger partial charge in [0.2, 0.25) is 11.9 Å². The molecule has 1 unspecified atom stereocenters. The molecule has 0 bridgehead atoms. The molecule has 0 aliphatic carbocycles. The second kappa shape index (κ2) is 29.5. The summed E-state index contributed by atoms with van der Waals surface area (Å²) in [4.78, 5) is 21.9. The Morgan fingerprint density at radius 3 is 1.53 bits per heavy atom. The van der Waals surface area contributed by atoms with Crippen molar-refractivity contribution in [2.75, 3.05) is 5.32 Å². The van der Waals surface area contributed by atoms with Crippen LogP contribution in [0.15, 0.2) is 172 Å². The molecule has 20 nitrogen and oxygen atoms in total. The minimum Gasteiger partial charge on any atom is -0.491 e. The Hall–Kier alpha value is -9.14. The molecule has 1 fully saturated rings. The summed E-state index contributed by atoms with van der Waals surface area (Å²) in [5.41, 5.74) is 28.5. The van der Waals surface area contributed by atoms with E-state index in [1.807, 2.05) is 152 Å². The molecule has 0 spiro atoms. The standard InChI is InChI=1S/C28H35N7O4.C21H27N5O2.C7H6O2/c1-17(2)38-21-13-9-19(10-14-21)25(30-24-8-6-5-7-23(24)27(36)37)31-32-28(29)35-33-26(34-35)20-11-15-22(16-12-20)39-18(3)4;1-15(2)27-19-9-5-17(6-10-19)13-23-25-21(22)26-24-14-18-7-11-20(12-8-18)28-16(3)4;8-7(9)6-4-2-1-3-5-6/h5-18,25-26,30-31,33-34H,1-4H3,(H2,29,32)(H,36,37);5-16H,1-4H3,(H3,22,25,26);1-5H,(H,8,9). The van der Waals surface area contributed by atoms with Crippen LogP contribution in [0.25, 0.3) is 0 Å². The molecule has 6 aromatic carbocycles. The molecule has 20 heteroatoms. The van der Waals surface area contributed by atoms with E-state index in [1.54, 1.807) is 61.0 Å². The van der Waals surface area contributed by atoms with Crippen LogP contribution in [0, 0.1) is 0 Å². The van der Waals surface area contributed by atoms with Crippen molar-refractivity contribution in [1.82, 2.24) is 26.8 Å². The highest BCUT2D eigenvalue weighted by Gasteiger charge is 2.29. The van der Waals surface area contributed by atoms with Crippen LogP contribution < -0.4 is 57.4 Å². The van der Waals surface area contributed by atoms with Crippen LogP contribution in [-0.2, 0) is 0 Å². The molecule has 1 aliphatic rings. The Kier molecular flexibility index (Phi) is 22.4. The van der Waals surface area contributed by atoms with Crippen molar-refractivity contribution in [1.29, 1.82) is 0 Å². The third-order valence-electron chi connectivity index (χ3n) is 9.97. The number of hydrogen-bond donors (Lipinski definition) is 9. The number of rotatable bonds is 20. The summed E-state index contributed by atoms with van der Waals surface area (Å²) >= 11 is 0. The summed E-state index contributed by atoms with van der Waals surface area (Å²) in [6.07, 6.45) is 2.94. The third kappa shape index (κ3) is 20.0. The van der Waals surface area contributed by atoms with Gasteiger partial charge in [0.25, 0.3) is 0 Å². The molecule has 1 heterocycles. The zero-order chi connectivity index (χ0) is 55.0. The number of hydrogen-bond acceptors (Lipinski definition) is 14. The number of aromatic carboxylic acids is 2. The third-order valence-corrected chi connectivity index (χ3v) is 9.97. The molecule has 0 aromatic heterocycles. The number of benzene rings is 6. The van der Waals surface area contributed by atoms with Gasteiger partial charge >= 0.3 is 11.9 Å². The molecule has 6 aromatic rings. The highest BCUT2D eigenvalue weighted by atomic mass is 16.5. The van der Waals surface area contributed by atoms with E-state index in [9.17, 15) is 14.7 Å². The summed E-state index contributed by atoms with van der Waals surface area (Å²) in [5, 5.41) is 38.9. The van der Waals surface area contributed by atoms with E-state index in [0.717, 1.165) is 45.3 Å². The van der Waals surface area contributed by atoms with Gasteiger partial charge in [0.15, 0.2) is 0 Å². The second-order valence-corrected chi connectivity index (χ2v) is 17.8. The largest absolute Gasteiger partial charge is 0.491 e. The number of carboxylic acid groups (broad SMARTS) is 2. The van der Waals surface area contributed by atoms with E-state index in [2.05, 4.69) is 47.4 Å². The van der Waals surface area contributed by atoms with Gasteiger partial charge in [-0.2, -0.15) is 21.1 Å². The van der Waals surface area contributed by atoms with Crippen LogP contribution in [0.4, 0.5) is 5.69 Å². The SMILES string of the molecule is CC(C)Oc1ccc(C(NN=C(N)N2NC(c3ccc(OC(C)C)cc3)N2)Nc2ccccc2C(=O)O)cc1.CC(C)Oc1ccc(C=NN=C(N)NN=Cc2ccc(OC(C)C)cc2)cc1.O=C(O)c1ccccc1. The topological polar surface area (TPSA) is 276 Å². The number of nitrogens with one attached hydrogen (secondary N) is 5. The first-order chi connectivity index (χ1) is 36.4. The molecule has 76 heavy (non-hydrogen) atoms. The molecule has 0 radical (unpaired) electrons. The van der Waals surface area contributed by atoms with Crippen molar-refractivity contribution in [3.63, 3.8) is 0 Å². The zero-order valence-corrected chi connectivity index (χ0v) is 43.8. The van der Waals surface area contributed by atoms with Crippen LogP contribution in [0.5, 0.6) is 23.0 Å². The quantitative estimate of drug-likeness (QED) is 0.0149. The highest BCUT2D eigenvalue weighted by Crippen LogP contribution is 2.25. The van der Waals surface area contributed by atoms with Crippen molar-refractivity contribution in [3.8, 4) is 23.0 Å². The first kappa shape index (κ1) is 57.8. The average Bonchev–Trinajstić information content (AvgIpc) is 3.37. The van der Waals surface area contributed by atoms with Gasteiger partial charge in [-0.05, 0) is 175 Å². The maximum atomic E-state index is 11.7. The Morgan fingerprint density at radius 1 is 0.592 bits per heavy atom. The Morgan fingerprint density at radius 2 is 1.05 bits per heavy atom. The number of para-hydroxylation sites is 1.